The maximum Gasteiger partial charge on any atom is 0.166 e. The molecule has 4 heterocycles. The van der Waals surface area contributed by atoms with Crippen LogP contribution in [0.4, 0.5) is 0 Å². The molecule has 10 atom stereocenters. The van der Waals surface area contributed by atoms with Gasteiger partial charge in [0.15, 0.2) is 23.0 Å². The highest BCUT2D eigenvalue weighted by Gasteiger charge is 2.66. The van der Waals surface area contributed by atoms with Crippen molar-refractivity contribution >= 4 is 0 Å². The van der Waals surface area contributed by atoms with Crippen molar-refractivity contribution in [3.05, 3.63) is 58.7 Å². The number of aliphatic hydroxyl groups excluding tert-OH is 2. The van der Waals surface area contributed by atoms with Crippen LogP contribution < -0.4 is 9.47 Å². The van der Waals surface area contributed by atoms with E-state index in [0.29, 0.717) is 22.6 Å². The normalized spacial score (nSPS) is 43.0. The summed E-state index contributed by atoms with van der Waals surface area (Å²) < 4.78 is 13.1. The second kappa shape index (κ2) is 7.53. The number of ether oxygens (including phenoxy) is 2. The predicted molar refractivity (Wildman–Crippen MR) is 154 cm³/mol. The highest BCUT2D eigenvalue weighted by atomic mass is 16.5. The second-order valence-electron chi connectivity index (χ2n) is 14.2. The molecule has 10 rings (SSSR count). The third-order valence-electron chi connectivity index (χ3n) is 12.8. The van der Waals surface area contributed by atoms with Crippen molar-refractivity contribution in [2.24, 2.45) is 11.8 Å². The molecule has 42 heavy (non-hydrogen) atoms. The molecule has 4 aliphatic carbocycles. The lowest BCUT2D eigenvalue weighted by Crippen LogP contribution is -2.64. The molecule has 0 unspecified atom stereocenters. The average molecular weight is 569 g/mol. The number of phenols is 2. The number of hydrogen-bond donors (Lipinski definition) is 4. The predicted octanol–water partition coefficient (Wildman–Crippen LogP) is 2.38. The number of nitrogens with zero attached hydrogens (tertiary/aromatic N) is 2. The van der Waals surface area contributed by atoms with Gasteiger partial charge in [-0.05, 0) is 76.1 Å². The lowest BCUT2D eigenvalue weighted by Gasteiger charge is -2.56. The van der Waals surface area contributed by atoms with Crippen LogP contribution in [0.5, 0.6) is 23.0 Å². The van der Waals surface area contributed by atoms with Gasteiger partial charge < -0.3 is 39.7 Å². The van der Waals surface area contributed by atoms with Crippen LogP contribution in [0.15, 0.2) is 36.4 Å². The molecule has 8 heteroatoms. The van der Waals surface area contributed by atoms with Crippen LogP contribution in [0.3, 0.4) is 0 Å². The van der Waals surface area contributed by atoms with Crippen LogP contribution in [0.25, 0.3) is 11.1 Å². The van der Waals surface area contributed by atoms with E-state index in [9.17, 15) is 20.4 Å². The zero-order valence-electron chi connectivity index (χ0n) is 23.8. The van der Waals surface area contributed by atoms with E-state index in [-0.39, 0.29) is 46.2 Å². The molecule has 8 aliphatic rings. The lowest BCUT2D eigenvalue weighted by atomic mass is 9.53. The zero-order valence-corrected chi connectivity index (χ0v) is 23.8. The molecule has 2 fully saturated rings. The largest absolute Gasteiger partial charge is 0.504 e. The first kappa shape index (κ1) is 24.4. The van der Waals surface area contributed by atoms with Crippen molar-refractivity contribution in [2.75, 3.05) is 27.2 Å². The molecule has 2 saturated heterocycles. The summed E-state index contributed by atoms with van der Waals surface area (Å²) in [5, 5.41) is 46.0. The fourth-order valence-electron chi connectivity index (χ4n) is 11.0. The molecule has 4 aliphatic heterocycles. The molecule has 4 bridgehead atoms. The van der Waals surface area contributed by atoms with Gasteiger partial charge in [-0.15, -0.1) is 0 Å². The quantitative estimate of drug-likeness (QED) is 0.389. The van der Waals surface area contributed by atoms with Gasteiger partial charge in [0.2, 0.25) is 0 Å². The van der Waals surface area contributed by atoms with Crippen molar-refractivity contribution in [3.63, 3.8) is 0 Å². The van der Waals surface area contributed by atoms with Gasteiger partial charge in [0.1, 0.15) is 24.4 Å². The highest BCUT2D eigenvalue weighted by Crippen LogP contribution is 2.67. The van der Waals surface area contributed by atoms with E-state index in [1.807, 2.05) is 12.2 Å². The number of likely N-dealkylation sites (N-methyl/N-ethyl adjacent to an activating group) is 2. The molecule has 0 radical (unpaired) electrons. The number of aliphatic hydroxyl groups is 2. The SMILES string of the molecule is CN1CC[C@@]23c4c5cc(-c6cc7c8c(c6O)O[C@@H]6[C@@H](O)C=C[C@H]9[C@H](C7)N(C)CC[C@]869)c(O)c4O[C@@H]2[C@H](O)C=C[C@@H]3[C@@H]1C5. The molecule has 2 spiro atoms. The van der Waals surface area contributed by atoms with E-state index >= 15 is 0 Å². The highest BCUT2D eigenvalue weighted by molar-refractivity contribution is 5.85. The first-order valence-corrected chi connectivity index (χ1v) is 15.5. The number of piperidine rings is 2. The van der Waals surface area contributed by atoms with Crippen molar-refractivity contribution in [2.45, 2.75) is 73.0 Å². The monoisotopic (exact) mass is 568 g/mol. The summed E-state index contributed by atoms with van der Waals surface area (Å²) in [7, 11) is 4.35. The number of rotatable bonds is 1. The van der Waals surface area contributed by atoms with E-state index in [0.717, 1.165) is 61.0 Å². The number of phenolic OH excluding ortho intramolecular Hbond substituents is 2. The van der Waals surface area contributed by atoms with Crippen molar-refractivity contribution in [1.82, 2.24) is 9.80 Å². The lowest BCUT2D eigenvalue weighted by molar-refractivity contribution is -0.0453. The van der Waals surface area contributed by atoms with Crippen LogP contribution in [-0.2, 0) is 23.7 Å². The second-order valence-corrected chi connectivity index (χ2v) is 14.2. The fraction of sp³-hybridized carbons (Fsp3) is 0.529. The maximum absolute atomic E-state index is 11.9. The van der Waals surface area contributed by atoms with Gasteiger partial charge in [0.25, 0.3) is 0 Å². The molecule has 218 valence electrons. The first-order valence-electron chi connectivity index (χ1n) is 15.5. The van der Waals surface area contributed by atoms with Crippen molar-refractivity contribution in [1.29, 1.82) is 0 Å². The van der Waals surface area contributed by atoms with E-state index in [4.69, 9.17) is 9.47 Å². The Morgan fingerprint density at radius 1 is 0.690 bits per heavy atom. The molecule has 0 saturated carbocycles. The van der Waals surface area contributed by atoms with Gasteiger partial charge in [-0.1, -0.05) is 24.3 Å². The molecule has 0 amide bonds. The average Bonchev–Trinajstić information content (AvgIpc) is 3.52. The Morgan fingerprint density at radius 3 is 1.55 bits per heavy atom. The summed E-state index contributed by atoms with van der Waals surface area (Å²) in [5.74, 6) is 1.38. The van der Waals surface area contributed by atoms with E-state index in [1.165, 1.54) is 0 Å². The summed E-state index contributed by atoms with van der Waals surface area (Å²) in [4.78, 5) is 4.83. The number of hydrogen-bond acceptors (Lipinski definition) is 8. The number of likely N-dealkylation sites (tertiary alicyclic amines) is 2. The molecular formula is C34H36N2O6. The van der Waals surface area contributed by atoms with Crippen LogP contribution in [0.1, 0.15) is 35.1 Å². The van der Waals surface area contributed by atoms with Gasteiger partial charge in [-0.3, -0.25) is 0 Å². The van der Waals surface area contributed by atoms with E-state index < -0.39 is 24.4 Å². The first-order chi connectivity index (χ1) is 20.3. The third kappa shape index (κ3) is 2.48. The molecule has 2 aromatic carbocycles. The standard InChI is InChI=1S/C34H36N2O6/c1-35-9-7-33-19-3-5-23(37)31(33)41-29-25(33)15(13-21(19)35)11-17(27(29)39)18-12-16-14-22-20-4-6-24(38)32-34(20,8-10-36(22)2)26(16)30(42-32)28(18)40/h3-6,11-12,19-24,31-32,37-40H,7-10,13-14H2,1-2H3/t19-,20+,21-,22-,23-,24+,31+,32+,33-,34+/m0/s1. The Balaban J connectivity index is 1.19. The maximum atomic E-state index is 11.9. The molecule has 8 nitrogen and oxygen atoms in total. The van der Waals surface area contributed by atoms with Crippen LogP contribution in [0, 0.1) is 11.8 Å². The Morgan fingerprint density at radius 2 is 1.12 bits per heavy atom. The summed E-state index contributed by atoms with van der Waals surface area (Å²) in [6.45, 7) is 1.82. The summed E-state index contributed by atoms with van der Waals surface area (Å²) >= 11 is 0. The van der Waals surface area contributed by atoms with Crippen molar-refractivity contribution in [3.8, 4) is 34.1 Å². The van der Waals surface area contributed by atoms with Crippen LogP contribution >= 0.6 is 0 Å². The summed E-state index contributed by atoms with van der Waals surface area (Å²) in [6.07, 6.45) is 9.02. The smallest absolute Gasteiger partial charge is 0.166 e. The Kier molecular flexibility index (Phi) is 4.38. The Labute approximate surface area is 244 Å². The van der Waals surface area contributed by atoms with E-state index in [1.54, 1.807) is 0 Å². The van der Waals surface area contributed by atoms with Gasteiger partial charge in [0, 0.05) is 57.0 Å². The fourth-order valence-corrected chi connectivity index (χ4v) is 11.0. The van der Waals surface area contributed by atoms with Crippen LogP contribution in [-0.4, -0.2) is 93.9 Å². The minimum atomic E-state index is -0.746. The van der Waals surface area contributed by atoms with E-state index in [2.05, 4.69) is 48.2 Å². The molecule has 4 N–H and O–H groups in total. The summed E-state index contributed by atoms with van der Waals surface area (Å²) in [6, 6.07) is 4.65. The minimum Gasteiger partial charge on any atom is -0.504 e. The Bertz CT molecular complexity index is 1550. The number of benzene rings is 2. The molecular weight excluding hydrogens is 532 g/mol. The zero-order chi connectivity index (χ0) is 28.4. The Hall–Kier alpha value is -3.04. The summed E-state index contributed by atoms with van der Waals surface area (Å²) in [5.41, 5.74) is 4.66. The third-order valence-corrected chi connectivity index (χ3v) is 12.8. The topological polar surface area (TPSA) is 106 Å². The van der Waals surface area contributed by atoms with Gasteiger partial charge in [-0.25, -0.2) is 0 Å². The van der Waals surface area contributed by atoms with Gasteiger partial charge in [0.05, 0.1) is 0 Å². The van der Waals surface area contributed by atoms with Crippen molar-refractivity contribution < 1.29 is 29.9 Å². The molecule has 0 aromatic heterocycles. The van der Waals surface area contributed by atoms with Gasteiger partial charge in [-0.2, -0.15) is 0 Å². The number of aromatic hydroxyl groups is 2. The van der Waals surface area contributed by atoms with Gasteiger partial charge >= 0.3 is 0 Å². The minimum absolute atomic E-state index is 0.0181. The van der Waals surface area contributed by atoms with Crippen LogP contribution in [0.2, 0.25) is 0 Å². The molecule has 2 aromatic rings.